The Morgan fingerprint density at radius 1 is 1.50 bits per heavy atom. The van der Waals surface area contributed by atoms with Crippen LogP contribution in [0.25, 0.3) is 0 Å². The first kappa shape index (κ1) is 14.5. The molecule has 0 radical (unpaired) electrons. The van der Waals surface area contributed by atoms with Crippen molar-refractivity contribution >= 4 is 17.3 Å². The average molecular weight is 280 g/mol. The molecule has 7 nitrogen and oxygen atoms in total. The molecule has 1 aliphatic heterocycles. The summed E-state index contributed by atoms with van der Waals surface area (Å²) in [5.41, 5.74) is -0.00986. The van der Waals surface area contributed by atoms with E-state index in [1.807, 2.05) is 4.90 Å². The summed E-state index contributed by atoms with van der Waals surface area (Å²) in [7, 11) is 1.73. The molecule has 0 spiro atoms. The largest absolute Gasteiger partial charge is 0.394 e. The standard InChI is InChI=1S/C13H20N4O3/c1-14-12-7-6-11(17(19)20)13(15-12)16-8-4-2-3-5-10(16)9-18/h6-7,10,18H,2-5,8-9H2,1H3,(H,14,15). The van der Waals surface area contributed by atoms with Crippen molar-refractivity contribution in [2.75, 3.05) is 30.4 Å². The lowest BCUT2D eigenvalue weighted by atomic mass is 10.1. The minimum atomic E-state index is -0.416. The molecule has 0 bridgehead atoms. The number of hydrogen-bond acceptors (Lipinski definition) is 6. The molecule has 2 N–H and O–H groups in total. The van der Waals surface area contributed by atoms with Gasteiger partial charge in [0.1, 0.15) is 5.82 Å². The lowest BCUT2D eigenvalue weighted by molar-refractivity contribution is -0.384. The molecular formula is C13H20N4O3. The van der Waals surface area contributed by atoms with Crippen LogP contribution in [0.1, 0.15) is 25.7 Å². The third-order valence-corrected chi connectivity index (χ3v) is 3.67. The Hall–Kier alpha value is -1.89. The zero-order valence-corrected chi connectivity index (χ0v) is 11.6. The van der Waals surface area contributed by atoms with Gasteiger partial charge in [-0.1, -0.05) is 12.8 Å². The third kappa shape index (κ3) is 2.98. The fourth-order valence-corrected chi connectivity index (χ4v) is 2.58. The van der Waals surface area contributed by atoms with Gasteiger partial charge in [-0.05, 0) is 18.9 Å². The maximum Gasteiger partial charge on any atom is 0.311 e. The third-order valence-electron chi connectivity index (χ3n) is 3.67. The van der Waals surface area contributed by atoms with E-state index in [1.165, 1.54) is 6.07 Å². The number of hydrogen-bond donors (Lipinski definition) is 2. The van der Waals surface area contributed by atoms with E-state index in [-0.39, 0.29) is 18.3 Å². The topological polar surface area (TPSA) is 91.5 Å². The molecule has 1 aromatic heterocycles. The van der Waals surface area contributed by atoms with E-state index in [2.05, 4.69) is 10.3 Å². The summed E-state index contributed by atoms with van der Waals surface area (Å²) in [5.74, 6) is 0.939. The van der Waals surface area contributed by atoms with Gasteiger partial charge in [0.15, 0.2) is 0 Å². The fraction of sp³-hybridized carbons (Fsp3) is 0.615. The molecule has 2 rings (SSSR count). The second kappa shape index (κ2) is 6.51. The SMILES string of the molecule is CNc1ccc([N+](=O)[O-])c(N2CCCCCC2CO)n1. The van der Waals surface area contributed by atoms with Gasteiger partial charge in [-0.2, -0.15) is 0 Å². The van der Waals surface area contributed by atoms with E-state index >= 15 is 0 Å². The van der Waals surface area contributed by atoms with Crippen LogP contribution in [-0.4, -0.2) is 41.3 Å². The van der Waals surface area contributed by atoms with E-state index in [0.29, 0.717) is 18.2 Å². The van der Waals surface area contributed by atoms with Crippen molar-refractivity contribution in [1.29, 1.82) is 0 Å². The molecule has 1 unspecified atom stereocenters. The first-order valence-electron chi connectivity index (χ1n) is 6.88. The second-order valence-electron chi connectivity index (χ2n) is 4.93. The minimum Gasteiger partial charge on any atom is -0.394 e. The summed E-state index contributed by atoms with van der Waals surface area (Å²) >= 11 is 0. The average Bonchev–Trinajstić information content (AvgIpc) is 2.71. The van der Waals surface area contributed by atoms with Crippen LogP contribution in [0, 0.1) is 10.1 Å². The molecule has 20 heavy (non-hydrogen) atoms. The summed E-state index contributed by atoms with van der Waals surface area (Å²) < 4.78 is 0. The van der Waals surface area contributed by atoms with Crippen LogP contribution in [0.4, 0.5) is 17.3 Å². The van der Waals surface area contributed by atoms with Gasteiger partial charge < -0.3 is 15.3 Å². The molecule has 0 saturated carbocycles. The molecule has 1 saturated heterocycles. The number of nitrogens with zero attached hydrogens (tertiary/aromatic N) is 3. The van der Waals surface area contributed by atoms with E-state index in [9.17, 15) is 15.2 Å². The van der Waals surface area contributed by atoms with E-state index in [4.69, 9.17) is 0 Å². The molecular weight excluding hydrogens is 260 g/mol. The number of aliphatic hydroxyl groups is 1. The monoisotopic (exact) mass is 280 g/mol. The predicted octanol–water partition coefficient (Wildman–Crippen LogP) is 1.77. The van der Waals surface area contributed by atoms with Gasteiger partial charge in [0, 0.05) is 19.7 Å². The van der Waals surface area contributed by atoms with E-state index in [0.717, 1.165) is 25.7 Å². The summed E-state index contributed by atoms with van der Waals surface area (Å²) in [6.07, 6.45) is 3.89. The highest BCUT2D eigenvalue weighted by Gasteiger charge is 2.28. The van der Waals surface area contributed by atoms with Crippen molar-refractivity contribution in [3.05, 3.63) is 22.2 Å². The van der Waals surface area contributed by atoms with Crippen LogP contribution in [0.15, 0.2) is 12.1 Å². The predicted molar refractivity (Wildman–Crippen MR) is 77.1 cm³/mol. The van der Waals surface area contributed by atoms with Crippen molar-refractivity contribution < 1.29 is 10.0 Å². The second-order valence-corrected chi connectivity index (χ2v) is 4.93. The molecule has 0 aromatic carbocycles. The van der Waals surface area contributed by atoms with Crippen molar-refractivity contribution in [3.8, 4) is 0 Å². The maximum absolute atomic E-state index is 11.2. The summed E-state index contributed by atoms with van der Waals surface area (Å²) in [6.45, 7) is 0.675. The van der Waals surface area contributed by atoms with E-state index < -0.39 is 4.92 Å². The number of anilines is 2. The first-order chi connectivity index (χ1) is 9.67. The Kier molecular flexibility index (Phi) is 4.73. The number of nitro groups is 1. The zero-order valence-electron chi connectivity index (χ0n) is 11.6. The number of aromatic nitrogens is 1. The lowest BCUT2D eigenvalue weighted by Gasteiger charge is -2.29. The van der Waals surface area contributed by atoms with E-state index in [1.54, 1.807) is 13.1 Å². The summed E-state index contributed by atoms with van der Waals surface area (Å²) in [4.78, 5) is 17.0. The fourth-order valence-electron chi connectivity index (χ4n) is 2.58. The normalized spacial score (nSPS) is 19.5. The van der Waals surface area contributed by atoms with Gasteiger partial charge in [-0.25, -0.2) is 4.98 Å². The van der Waals surface area contributed by atoms with Gasteiger partial charge >= 0.3 is 5.69 Å². The smallest absolute Gasteiger partial charge is 0.311 e. The molecule has 1 fully saturated rings. The number of pyridine rings is 1. The highest BCUT2D eigenvalue weighted by atomic mass is 16.6. The van der Waals surface area contributed by atoms with Crippen LogP contribution in [0.5, 0.6) is 0 Å². The number of rotatable bonds is 4. The molecule has 7 heteroatoms. The molecule has 0 amide bonds. The maximum atomic E-state index is 11.2. The van der Waals surface area contributed by atoms with Crippen LogP contribution in [0.2, 0.25) is 0 Å². The molecule has 1 atom stereocenters. The Morgan fingerprint density at radius 3 is 2.95 bits per heavy atom. The van der Waals surface area contributed by atoms with Crippen molar-refractivity contribution in [1.82, 2.24) is 4.98 Å². The highest BCUT2D eigenvalue weighted by molar-refractivity contribution is 5.62. The van der Waals surface area contributed by atoms with Gasteiger partial charge in [-0.3, -0.25) is 10.1 Å². The summed E-state index contributed by atoms with van der Waals surface area (Å²) in [6, 6.07) is 2.96. The van der Waals surface area contributed by atoms with Crippen molar-refractivity contribution in [2.24, 2.45) is 0 Å². The Morgan fingerprint density at radius 2 is 2.30 bits per heavy atom. The molecule has 2 heterocycles. The van der Waals surface area contributed by atoms with Crippen LogP contribution in [-0.2, 0) is 0 Å². The van der Waals surface area contributed by atoms with Crippen molar-refractivity contribution in [3.63, 3.8) is 0 Å². The minimum absolute atomic E-state index is 0.00986. The van der Waals surface area contributed by atoms with Crippen LogP contribution in [0.3, 0.4) is 0 Å². The lowest BCUT2D eigenvalue weighted by Crippen LogP contribution is -2.38. The molecule has 110 valence electrons. The number of nitrogens with one attached hydrogen (secondary N) is 1. The molecule has 1 aliphatic rings. The van der Waals surface area contributed by atoms with Crippen LogP contribution >= 0.6 is 0 Å². The quantitative estimate of drug-likeness (QED) is 0.645. The zero-order chi connectivity index (χ0) is 14.5. The Bertz CT molecular complexity index is 481. The Labute approximate surface area is 117 Å². The number of aliphatic hydroxyl groups excluding tert-OH is 1. The first-order valence-corrected chi connectivity index (χ1v) is 6.88. The van der Waals surface area contributed by atoms with Crippen molar-refractivity contribution in [2.45, 2.75) is 31.7 Å². The Balaban J connectivity index is 2.43. The highest BCUT2D eigenvalue weighted by Crippen LogP contribution is 2.31. The van der Waals surface area contributed by atoms with Gasteiger partial charge in [0.25, 0.3) is 0 Å². The van der Waals surface area contributed by atoms with Crippen LogP contribution < -0.4 is 10.2 Å². The van der Waals surface area contributed by atoms with Gasteiger partial charge in [0.05, 0.1) is 17.6 Å². The van der Waals surface area contributed by atoms with Gasteiger partial charge in [-0.15, -0.1) is 0 Å². The van der Waals surface area contributed by atoms with Gasteiger partial charge in [0.2, 0.25) is 5.82 Å². The summed E-state index contributed by atoms with van der Waals surface area (Å²) in [5, 5.41) is 23.6. The molecule has 0 aliphatic carbocycles. The molecule has 1 aromatic rings.